The zero-order chi connectivity index (χ0) is 15.2. The molecule has 1 aromatic rings. The lowest BCUT2D eigenvalue weighted by Gasteiger charge is -2.34. The van der Waals surface area contributed by atoms with Gasteiger partial charge in [-0.1, -0.05) is 37.0 Å². The van der Waals surface area contributed by atoms with Crippen LogP contribution in [0.25, 0.3) is 0 Å². The van der Waals surface area contributed by atoms with Crippen molar-refractivity contribution in [3.05, 3.63) is 35.4 Å². The molecule has 0 spiro atoms. The van der Waals surface area contributed by atoms with Crippen LogP contribution in [0.15, 0.2) is 24.3 Å². The van der Waals surface area contributed by atoms with Gasteiger partial charge in [0, 0.05) is 18.2 Å². The summed E-state index contributed by atoms with van der Waals surface area (Å²) in [6.45, 7) is 2.26. The van der Waals surface area contributed by atoms with E-state index in [2.05, 4.69) is 0 Å². The van der Waals surface area contributed by atoms with E-state index < -0.39 is 5.97 Å². The van der Waals surface area contributed by atoms with Gasteiger partial charge < -0.3 is 10.0 Å². The number of carboxylic acids is 1. The SMILES string of the molecule is Cc1cccc(C(=O)N(CCC(=O)O)C2CCCCC2)c1. The fourth-order valence-corrected chi connectivity index (χ4v) is 3.00. The van der Waals surface area contributed by atoms with Crippen molar-refractivity contribution < 1.29 is 14.7 Å². The number of carbonyl (C=O) groups is 2. The van der Waals surface area contributed by atoms with Crippen LogP contribution in [-0.4, -0.2) is 34.5 Å². The Kier molecular flexibility index (Phi) is 5.37. The van der Waals surface area contributed by atoms with E-state index in [9.17, 15) is 9.59 Å². The molecule has 1 aliphatic carbocycles. The van der Waals surface area contributed by atoms with Gasteiger partial charge in [-0.2, -0.15) is 0 Å². The minimum Gasteiger partial charge on any atom is -0.481 e. The second-order valence-electron chi connectivity index (χ2n) is 5.80. The van der Waals surface area contributed by atoms with E-state index in [1.807, 2.05) is 31.2 Å². The highest BCUT2D eigenvalue weighted by Gasteiger charge is 2.26. The van der Waals surface area contributed by atoms with Crippen LogP contribution in [0.3, 0.4) is 0 Å². The van der Waals surface area contributed by atoms with E-state index in [1.54, 1.807) is 4.90 Å². The van der Waals surface area contributed by atoms with Crippen LogP contribution in [0.5, 0.6) is 0 Å². The molecule has 0 heterocycles. The van der Waals surface area contributed by atoms with Gasteiger partial charge in [-0.3, -0.25) is 9.59 Å². The van der Waals surface area contributed by atoms with E-state index in [1.165, 1.54) is 6.42 Å². The van der Waals surface area contributed by atoms with Crippen LogP contribution in [0, 0.1) is 6.92 Å². The molecule has 2 rings (SSSR count). The summed E-state index contributed by atoms with van der Waals surface area (Å²) in [5, 5.41) is 8.92. The van der Waals surface area contributed by atoms with E-state index in [0.717, 1.165) is 31.2 Å². The average Bonchev–Trinajstić information content (AvgIpc) is 2.48. The molecule has 114 valence electrons. The first-order valence-electron chi connectivity index (χ1n) is 7.67. The Morgan fingerprint density at radius 3 is 2.57 bits per heavy atom. The molecule has 4 nitrogen and oxygen atoms in total. The number of nitrogens with zero attached hydrogens (tertiary/aromatic N) is 1. The molecule has 1 N–H and O–H groups in total. The number of hydrogen-bond donors (Lipinski definition) is 1. The largest absolute Gasteiger partial charge is 0.481 e. The highest BCUT2D eigenvalue weighted by Crippen LogP contribution is 2.24. The zero-order valence-electron chi connectivity index (χ0n) is 12.5. The topological polar surface area (TPSA) is 57.6 Å². The molecule has 0 aliphatic heterocycles. The predicted octanol–water partition coefficient (Wildman–Crippen LogP) is 3.24. The Balaban J connectivity index is 2.16. The highest BCUT2D eigenvalue weighted by molar-refractivity contribution is 5.94. The van der Waals surface area contributed by atoms with E-state index in [-0.39, 0.29) is 18.4 Å². The molecular weight excluding hydrogens is 266 g/mol. The molecule has 0 unspecified atom stereocenters. The summed E-state index contributed by atoms with van der Waals surface area (Å²) < 4.78 is 0. The quantitative estimate of drug-likeness (QED) is 0.905. The maximum absolute atomic E-state index is 12.7. The summed E-state index contributed by atoms with van der Waals surface area (Å²) in [6.07, 6.45) is 5.43. The van der Waals surface area contributed by atoms with E-state index >= 15 is 0 Å². The lowest BCUT2D eigenvalue weighted by atomic mass is 9.93. The van der Waals surface area contributed by atoms with Gasteiger partial charge in [0.2, 0.25) is 0 Å². The maximum atomic E-state index is 12.7. The number of carboxylic acid groups (broad SMARTS) is 1. The number of aryl methyl sites for hydroxylation is 1. The summed E-state index contributed by atoms with van der Waals surface area (Å²) in [7, 11) is 0. The third kappa shape index (κ3) is 4.31. The first-order valence-corrected chi connectivity index (χ1v) is 7.67. The second-order valence-corrected chi connectivity index (χ2v) is 5.80. The minimum absolute atomic E-state index is 0.00799. The Morgan fingerprint density at radius 1 is 1.24 bits per heavy atom. The number of hydrogen-bond acceptors (Lipinski definition) is 2. The van der Waals surface area contributed by atoms with Gasteiger partial charge in [0.1, 0.15) is 0 Å². The normalized spacial score (nSPS) is 15.7. The molecule has 21 heavy (non-hydrogen) atoms. The molecule has 0 bridgehead atoms. The van der Waals surface area contributed by atoms with Crippen molar-refractivity contribution in [2.24, 2.45) is 0 Å². The van der Waals surface area contributed by atoms with Crippen LogP contribution in [0.1, 0.15) is 54.4 Å². The van der Waals surface area contributed by atoms with E-state index in [4.69, 9.17) is 5.11 Å². The number of benzene rings is 1. The van der Waals surface area contributed by atoms with Crippen LogP contribution in [0.2, 0.25) is 0 Å². The molecule has 1 fully saturated rings. The maximum Gasteiger partial charge on any atom is 0.305 e. The smallest absolute Gasteiger partial charge is 0.305 e. The fourth-order valence-electron chi connectivity index (χ4n) is 3.00. The summed E-state index contributed by atoms with van der Waals surface area (Å²) in [5.74, 6) is -0.889. The third-order valence-corrected chi connectivity index (χ3v) is 4.11. The molecule has 4 heteroatoms. The lowest BCUT2D eigenvalue weighted by Crippen LogP contribution is -2.42. The standard InChI is InChI=1S/C17H23NO3/c1-13-6-5-7-14(12-13)17(21)18(11-10-16(19)20)15-8-3-2-4-9-15/h5-7,12,15H,2-4,8-11H2,1H3,(H,19,20). The van der Waals surface area contributed by atoms with Crippen LogP contribution in [-0.2, 0) is 4.79 Å². The Labute approximate surface area is 125 Å². The first-order chi connectivity index (χ1) is 10.1. The fraction of sp³-hybridized carbons (Fsp3) is 0.529. The summed E-state index contributed by atoms with van der Waals surface area (Å²) in [4.78, 5) is 25.4. The monoisotopic (exact) mass is 289 g/mol. The average molecular weight is 289 g/mol. The molecule has 0 saturated heterocycles. The van der Waals surface area contributed by atoms with E-state index in [0.29, 0.717) is 12.1 Å². The van der Waals surface area contributed by atoms with Gasteiger partial charge in [-0.25, -0.2) is 0 Å². The van der Waals surface area contributed by atoms with Gasteiger partial charge >= 0.3 is 5.97 Å². The predicted molar refractivity (Wildman–Crippen MR) is 81.3 cm³/mol. The minimum atomic E-state index is -0.854. The van der Waals surface area contributed by atoms with Crippen LogP contribution >= 0.6 is 0 Å². The van der Waals surface area contributed by atoms with Crippen LogP contribution in [0.4, 0.5) is 0 Å². The molecule has 1 aromatic carbocycles. The molecule has 0 radical (unpaired) electrons. The molecule has 0 aromatic heterocycles. The molecule has 0 atom stereocenters. The molecule has 1 aliphatic rings. The van der Waals surface area contributed by atoms with Crippen molar-refractivity contribution in [3.63, 3.8) is 0 Å². The van der Waals surface area contributed by atoms with Gasteiger partial charge in [-0.15, -0.1) is 0 Å². The van der Waals surface area contributed by atoms with Gasteiger partial charge in [0.15, 0.2) is 0 Å². The van der Waals surface area contributed by atoms with Crippen molar-refractivity contribution >= 4 is 11.9 Å². The second kappa shape index (κ2) is 7.25. The number of carbonyl (C=O) groups excluding carboxylic acids is 1. The summed E-state index contributed by atoms with van der Waals surface area (Å²) in [6, 6.07) is 7.70. The van der Waals surface area contributed by atoms with Gasteiger partial charge in [0.25, 0.3) is 5.91 Å². The third-order valence-electron chi connectivity index (χ3n) is 4.11. The Morgan fingerprint density at radius 2 is 1.95 bits per heavy atom. The van der Waals surface area contributed by atoms with Crippen molar-refractivity contribution in [1.29, 1.82) is 0 Å². The molecular formula is C17H23NO3. The first kappa shape index (κ1) is 15.5. The van der Waals surface area contributed by atoms with Crippen molar-refractivity contribution in [2.45, 2.75) is 51.5 Å². The van der Waals surface area contributed by atoms with Crippen molar-refractivity contribution in [1.82, 2.24) is 4.90 Å². The molecule has 1 amide bonds. The zero-order valence-corrected chi connectivity index (χ0v) is 12.5. The van der Waals surface area contributed by atoms with Gasteiger partial charge in [-0.05, 0) is 31.9 Å². The Bertz CT molecular complexity index is 507. The van der Waals surface area contributed by atoms with Crippen LogP contribution < -0.4 is 0 Å². The van der Waals surface area contributed by atoms with Crippen molar-refractivity contribution in [3.8, 4) is 0 Å². The summed E-state index contributed by atoms with van der Waals surface area (Å²) >= 11 is 0. The van der Waals surface area contributed by atoms with Crippen molar-refractivity contribution in [2.75, 3.05) is 6.54 Å². The molecule has 1 saturated carbocycles. The highest BCUT2D eigenvalue weighted by atomic mass is 16.4. The number of aliphatic carboxylic acids is 1. The van der Waals surface area contributed by atoms with Gasteiger partial charge in [0.05, 0.1) is 6.42 Å². The summed E-state index contributed by atoms with van der Waals surface area (Å²) in [5.41, 5.74) is 1.70. The lowest BCUT2D eigenvalue weighted by molar-refractivity contribution is -0.137. The Hall–Kier alpha value is -1.84. The number of amides is 1. The number of rotatable bonds is 5.